The summed E-state index contributed by atoms with van der Waals surface area (Å²) >= 11 is 3.57. The first-order valence-electron chi connectivity index (χ1n) is 9.63. The number of hydrogen-bond donors (Lipinski definition) is 2. The van der Waals surface area contributed by atoms with Gasteiger partial charge in [-0.3, -0.25) is 14.9 Å². The number of H-pyrrole nitrogens is 1. The number of carbonyl (C=O) groups is 1. The van der Waals surface area contributed by atoms with E-state index in [0.717, 1.165) is 45.9 Å². The summed E-state index contributed by atoms with van der Waals surface area (Å²) in [5.74, 6) is -0.180. The summed E-state index contributed by atoms with van der Waals surface area (Å²) in [6.07, 6.45) is 2.77. The second-order valence-electron chi connectivity index (χ2n) is 7.63. The summed E-state index contributed by atoms with van der Waals surface area (Å²) in [4.78, 5) is 29.4. The monoisotopic (exact) mass is 454 g/mol. The first-order chi connectivity index (χ1) is 14.0. The van der Waals surface area contributed by atoms with E-state index in [0.29, 0.717) is 30.4 Å². The third-order valence-corrected chi connectivity index (χ3v) is 6.29. The summed E-state index contributed by atoms with van der Waals surface area (Å²) in [6.45, 7) is 1.06. The van der Waals surface area contributed by atoms with Gasteiger partial charge >= 0.3 is 0 Å². The molecule has 29 heavy (non-hydrogen) atoms. The lowest BCUT2D eigenvalue weighted by atomic mass is 10.0. The molecule has 1 saturated carbocycles. The standard InChI is InChI=1S/C21H19BrN4O3/c22-16-3-1-2-14-15-11-25(9-8-17(15)24-20(14)16)21(27)12-4-7-18(23-13-5-6-13)19(10-12)26(28)29/h1-4,7,10,13,23-24H,5-6,8-9,11H2. The maximum atomic E-state index is 13.1. The van der Waals surface area contributed by atoms with Crippen molar-refractivity contribution in [3.63, 3.8) is 0 Å². The van der Waals surface area contributed by atoms with Crippen LogP contribution in [0.2, 0.25) is 0 Å². The number of carbonyl (C=O) groups excluding carboxylic acids is 1. The molecule has 1 aliphatic heterocycles. The maximum absolute atomic E-state index is 13.1. The number of halogens is 1. The molecule has 5 rings (SSSR count). The Labute approximate surface area is 175 Å². The first-order valence-corrected chi connectivity index (χ1v) is 10.4. The molecule has 7 nitrogen and oxygen atoms in total. The number of nitro groups is 1. The minimum absolute atomic E-state index is 0.0449. The molecule has 2 aromatic carbocycles. The van der Waals surface area contributed by atoms with Crippen molar-refractivity contribution in [3.05, 3.63) is 67.8 Å². The number of benzene rings is 2. The van der Waals surface area contributed by atoms with Crippen LogP contribution in [0.1, 0.15) is 34.5 Å². The molecule has 0 unspecified atom stereocenters. The van der Waals surface area contributed by atoms with Crippen LogP contribution >= 0.6 is 15.9 Å². The number of fused-ring (bicyclic) bond motifs is 3. The number of hydrogen-bond acceptors (Lipinski definition) is 4. The Morgan fingerprint density at radius 3 is 2.86 bits per heavy atom. The van der Waals surface area contributed by atoms with Gasteiger partial charge in [0.1, 0.15) is 5.69 Å². The highest BCUT2D eigenvalue weighted by molar-refractivity contribution is 9.10. The summed E-state index contributed by atoms with van der Waals surface area (Å²) < 4.78 is 0.997. The Bertz CT molecular complexity index is 1150. The molecule has 1 aromatic heterocycles. The smallest absolute Gasteiger partial charge is 0.293 e. The molecule has 1 fully saturated rings. The highest BCUT2D eigenvalue weighted by Crippen LogP contribution is 2.34. The number of rotatable bonds is 4. The van der Waals surface area contributed by atoms with Gasteiger partial charge < -0.3 is 15.2 Å². The lowest BCUT2D eigenvalue weighted by Gasteiger charge is -2.27. The second kappa shape index (κ2) is 6.88. The summed E-state index contributed by atoms with van der Waals surface area (Å²) in [7, 11) is 0. The maximum Gasteiger partial charge on any atom is 0.293 e. The molecule has 148 valence electrons. The molecule has 0 bridgehead atoms. The van der Waals surface area contributed by atoms with Crippen molar-refractivity contribution in [1.82, 2.24) is 9.88 Å². The van der Waals surface area contributed by atoms with E-state index in [4.69, 9.17) is 0 Å². The highest BCUT2D eigenvalue weighted by Gasteiger charge is 2.28. The van der Waals surface area contributed by atoms with Crippen molar-refractivity contribution in [1.29, 1.82) is 0 Å². The third kappa shape index (κ3) is 3.27. The zero-order chi connectivity index (χ0) is 20.1. The van der Waals surface area contributed by atoms with Gasteiger partial charge in [0, 0.05) is 58.3 Å². The Morgan fingerprint density at radius 1 is 1.28 bits per heavy atom. The molecule has 2 aliphatic rings. The molecule has 8 heteroatoms. The minimum atomic E-state index is -0.424. The molecule has 0 atom stereocenters. The third-order valence-electron chi connectivity index (χ3n) is 5.63. The Kier molecular flexibility index (Phi) is 4.31. The molecule has 0 saturated heterocycles. The number of amides is 1. The zero-order valence-electron chi connectivity index (χ0n) is 15.6. The van der Waals surface area contributed by atoms with E-state index in [1.165, 1.54) is 6.07 Å². The van der Waals surface area contributed by atoms with Crippen LogP contribution in [-0.2, 0) is 13.0 Å². The Balaban J connectivity index is 1.44. The number of nitrogens with zero attached hydrogens (tertiary/aromatic N) is 2. The average Bonchev–Trinajstić information content (AvgIpc) is 3.45. The molecule has 0 radical (unpaired) electrons. The van der Waals surface area contributed by atoms with Crippen molar-refractivity contribution in [2.75, 3.05) is 11.9 Å². The molecule has 0 spiro atoms. The van der Waals surface area contributed by atoms with Crippen LogP contribution in [0.25, 0.3) is 10.9 Å². The van der Waals surface area contributed by atoms with Gasteiger partial charge in [0.05, 0.1) is 10.4 Å². The summed E-state index contributed by atoms with van der Waals surface area (Å²) in [6, 6.07) is 11.1. The van der Waals surface area contributed by atoms with Crippen molar-refractivity contribution in [2.24, 2.45) is 0 Å². The van der Waals surface area contributed by atoms with Crippen LogP contribution in [0.4, 0.5) is 11.4 Å². The molecule has 1 amide bonds. The number of aromatic amines is 1. The van der Waals surface area contributed by atoms with Gasteiger partial charge in [-0.15, -0.1) is 0 Å². The van der Waals surface area contributed by atoms with Crippen LogP contribution in [0.3, 0.4) is 0 Å². The van der Waals surface area contributed by atoms with Gasteiger partial charge in [-0.2, -0.15) is 0 Å². The van der Waals surface area contributed by atoms with E-state index < -0.39 is 4.92 Å². The van der Waals surface area contributed by atoms with E-state index in [2.05, 4.69) is 26.2 Å². The first kappa shape index (κ1) is 18.2. The normalized spacial score (nSPS) is 16.0. The number of para-hydroxylation sites is 1. The molecule has 1 aliphatic carbocycles. The number of anilines is 1. The Morgan fingerprint density at radius 2 is 2.10 bits per heavy atom. The molecule has 2 heterocycles. The largest absolute Gasteiger partial charge is 0.377 e. The Hall–Kier alpha value is -2.87. The number of aromatic nitrogens is 1. The van der Waals surface area contributed by atoms with Gasteiger partial charge in [-0.25, -0.2) is 0 Å². The van der Waals surface area contributed by atoms with Crippen LogP contribution < -0.4 is 5.32 Å². The predicted octanol–water partition coefficient (Wildman–Crippen LogP) is 4.61. The molecular weight excluding hydrogens is 436 g/mol. The van der Waals surface area contributed by atoms with Crippen molar-refractivity contribution in [3.8, 4) is 0 Å². The van der Waals surface area contributed by atoms with E-state index in [-0.39, 0.29) is 11.6 Å². The van der Waals surface area contributed by atoms with Crippen LogP contribution in [0, 0.1) is 10.1 Å². The highest BCUT2D eigenvalue weighted by atomic mass is 79.9. The van der Waals surface area contributed by atoms with Gasteiger partial charge in [-0.05, 0) is 47.0 Å². The van der Waals surface area contributed by atoms with Crippen molar-refractivity contribution >= 4 is 44.1 Å². The van der Waals surface area contributed by atoms with Crippen molar-refractivity contribution < 1.29 is 9.72 Å². The molecular formula is C21H19BrN4O3. The topological polar surface area (TPSA) is 91.3 Å². The van der Waals surface area contributed by atoms with Gasteiger partial charge in [0.2, 0.25) is 0 Å². The zero-order valence-corrected chi connectivity index (χ0v) is 17.2. The SMILES string of the molecule is O=C(c1ccc(NC2CC2)c([N+](=O)[O-])c1)N1CCc2[nH]c3c(Br)cccc3c2C1. The van der Waals surface area contributed by atoms with Crippen LogP contribution in [-0.4, -0.2) is 33.3 Å². The van der Waals surface area contributed by atoms with Crippen LogP contribution in [0.5, 0.6) is 0 Å². The predicted molar refractivity (Wildman–Crippen MR) is 114 cm³/mol. The van der Waals surface area contributed by atoms with Gasteiger partial charge in [-0.1, -0.05) is 12.1 Å². The fraction of sp³-hybridized carbons (Fsp3) is 0.286. The number of nitrogens with one attached hydrogen (secondary N) is 2. The molecule has 2 N–H and O–H groups in total. The fourth-order valence-electron chi connectivity index (χ4n) is 3.94. The van der Waals surface area contributed by atoms with Gasteiger partial charge in [0.15, 0.2) is 0 Å². The average molecular weight is 455 g/mol. The summed E-state index contributed by atoms with van der Waals surface area (Å²) in [5, 5.41) is 15.8. The quantitative estimate of drug-likeness (QED) is 0.444. The van der Waals surface area contributed by atoms with Crippen LogP contribution in [0.15, 0.2) is 40.9 Å². The number of nitro benzene ring substituents is 1. The fourth-order valence-corrected chi connectivity index (χ4v) is 4.41. The van der Waals surface area contributed by atoms with E-state index >= 15 is 0 Å². The molecule has 3 aromatic rings. The lowest BCUT2D eigenvalue weighted by molar-refractivity contribution is -0.384. The minimum Gasteiger partial charge on any atom is -0.377 e. The van der Waals surface area contributed by atoms with E-state index in [1.807, 2.05) is 18.2 Å². The summed E-state index contributed by atoms with van der Waals surface area (Å²) in [5.41, 5.74) is 4.08. The van der Waals surface area contributed by atoms with Crippen molar-refractivity contribution in [2.45, 2.75) is 31.8 Å². The lowest BCUT2D eigenvalue weighted by Crippen LogP contribution is -2.35. The second-order valence-corrected chi connectivity index (χ2v) is 8.48. The van der Waals surface area contributed by atoms with E-state index in [1.54, 1.807) is 17.0 Å². The van der Waals surface area contributed by atoms with Gasteiger partial charge in [0.25, 0.3) is 11.6 Å². The van der Waals surface area contributed by atoms with E-state index in [9.17, 15) is 14.9 Å².